The van der Waals surface area contributed by atoms with Crippen LogP contribution in [0.15, 0.2) is 21.5 Å². The summed E-state index contributed by atoms with van der Waals surface area (Å²) in [5.74, 6) is -1.05. The van der Waals surface area contributed by atoms with Gasteiger partial charge in [-0.05, 0) is 47.8 Å². The summed E-state index contributed by atoms with van der Waals surface area (Å²) in [5.41, 5.74) is 0.118. The van der Waals surface area contributed by atoms with Gasteiger partial charge >= 0.3 is 5.97 Å². The van der Waals surface area contributed by atoms with Gasteiger partial charge < -0.3 is 10.1 Å². The topological polar surface area (TPSA) is 55.4 Å². The van der Waals surface area contributed by atoms with E-state index in [0.717, 1.165) is 0 Å². The largest absolute Gasteiger partial charge is 0.465 e. The highest BCUT2D eigenvalue weighted by Crippen LogP contribution is 2.36. The second-order valence-corrected chi connectivity index (χ2v) is 6.93. The van der Waals surface area contributed by atoms with Crippen LogP contribution in [0.1, 0.15) is 40.0 Å². The number of carbonyl (C=O) groups is 2. The number of benzene rings is 1. The molecule has 0 saturated heterocycles. The van der Waals surface area contributed by atoms with Crippen LogP contribution in [0.2, 0.25) is 0 Å². The summed E-state index contributed by atoms with van der Waals surface area (Å²) in [6, 6.07) is 2.83. The Bertz CT molecular complexity index is 569. The smallest absolute Gasteiger partial charge is 0.319 e. The maximum absolute atomic E-state index is 14.0. The first-order valence-electron chi connectivity index (χ1n) is 7.55. The van der Waals surface area contributed by atoms with Crippen LogP contribution in [0.25, 0.3) is 0 Å². The fourth-order valence-corrected chi connectivity index (χ4v) is 3.43. The molecule has 128 valence electrons. The van der Waals surface area contributed by atoms with Crippen LogP contribution in [0.4, 0.5) is 10.1 Å². The number of rotatable bonds is 8. The summed E-state index contributed by atoms with van der Waals surface area (Å²) in [6.45, 7) is 5.84. The van der Waals surface area contributed by atoms with Crippen LogP contribution < -0.4 is 5.32 Å². The first-order valence-corrected chi connectivity index (χ1v) is 9.22. The number of hydrogen-bond donors (Lipinski definition) is 1. The minimum Gasteiger partial charge on any atom is -0.465 e. The average molecular weight is 406 g/mol. The van der Waals surface area contributed by atoms with Crippen molar-refractivity contribution in [3.63, 3.8) is 0 Å². The summed E-state index contributed by atoms with van der Waals surface area (Å²) in [5, 5.41) is 2.18. The van der Waals surface area contributed by atoms with Gasteiger partial charge in [-0.15, -0.1) is 11.8 Å². The highest BCUT2D eigenvalue weighted by molar-refractivity contribution is 9.10. The molecule has 0 saturated carbocycles. The predicted molar refractivity (Wildman–Crippen MR) is 94.2 cm³/mol. The lowest BCUT2D eigenvalue weighted by Crippen LogP contribution is -2.19. The number of anilines is 1. The summed E-state index contributed by atoms with van der Waals surface area (Å²) in [7, 11) is 0. The molecule has 1 amide bonds. The van der Waals surface area contributed by atoms with Crippen LogP contribution in [-0.4, -0.2) is 23.7 Å². The quantitative estimate of drug-likeness (QED) is 0.500. The zero-order valence-corrected chi connectivity index (χ0v) is 15.9. The molecule has 0 aliphatic heterocycles. The van der Waals surface area contributed by atoms with Gasteiger partial charge in [-0.25, -0.2) is 4.39 Å². The van der Waals surface area contributed by atoms with Crippen molar-refractivity contribution in [3.05, 3.63) is 22.4 Å². The van der Waals surface area contributed by atoms with Crippen LogP contribution >= 0.6 is 27.7 Å². The van der Waals surface area contributed by atoms with Crippen molar-refractivity contribution in [1.82, 2.24) is 0 Å². The van der Waals surface area contributed by atoms with Crippen molar-refractivity contribution < 1.29 is 18.7 Å². The summed E-state index contributed by atoms with van der Waals surface area (Å²) < 4.78 is 19.6. The monoisotopic (exact) mass is 405 g/mol. The number of hydrogen-bond acceptors (Lipinski definition) is 4. The molecule has 1 rings (SSSR count). The Kier molecular flexibility index (Phi) is 8.62. The van der Waals surface area contributed by atoms with Crippen molar-refractivity contribution in [3.8, 4) is 0 Å². The Morgan fingerprint density at radius 1 is 1.35 bits per heavy atom. The van der Waals surface area contributed by atoms with E-state index in [2.05, 4.69) is 21.2 Å². The van der Waals surface area contributed by atoms with E-state index in [1.54, 1.807) is 13.0 Å². The third kappa shape index (κ3) is 6.14. The lowest BCUT2D eigenvalue weighted by atomic mass is 10.2. The molecule has 0 aliphatic rings. The van der Waals surface area contributed by atoms with E-state index in [1.807, 2.05) is 13.8 Å². The van der Waals surface area contributed by atoms with E-state index in [9.17, 15) is 14.0 Å². The number of nitrogens with one attached hydrogen (secondary N) is 1. The molecule has 1 unspecified atom stereocenters. The Labute approximate surface area is 148 Å². The fourth-order valence-electron chi connectivity index (χ4n) is 1.84. The van der Waals surface area contributed by atoms with Gasteiger partial charge in [0.05, 0.1) is 12.3 Å². The lowest BCUT2D eigenvalue weighted by molar-refractivity contribution is -0.142. The van der Waals surface area contributed by atoms with Gasteiger partial charge in [-0.1, -0.05) is 13.8 Å². The van der Waals surface area contributed by atoms with Gasteiger partial charge in [0.1, 0.15) is 11.1 Å². The first kappa shape index (κ1) is 20.0. The molecule has 1 aromatic carbocycles. The zero-order chi connectivity index (χ0) is 17.4. The first-order chi connectivity index (χ1) is 10.9. The Morgan fingerprint density at radius 3 is 2.61 bits per heavy atom. The number of ether oxygens (including phenoxy) is 1. The summed E-state index contributed by atoms with van der Waals surface area (Å²) in [4.78, 5) is 24.2. The molecule has 23 heavy (non-hydrogen) atoms. The van der Waals surface area contributed by atoms with Gasteiger partial charge in [-0.2, -0.15) is 0 Å². The predicted octanol–water partition coefficient (Wildman–Crippen LogP) is 4.76. The van der Waals surface area contributed by atoms with Gasteiger partial charge in [-0.3, -0.25) is 9.59 Å². The van der Waals surface area contributed by atoms with Crippen molar-refractivity contribution in [2.24, 2.45) is 0 Å². The molecule has 0 heterocycles. The SMILES string of the molecule is CCCC(=O)Nc1cc(SC(CC)C(=O)OCC)c(Br)cc1F. The minimum absolute atomic E-state index is 0.118. The maximum Gasteiger partial charge on any atom is 0.319 e. The Morgan fingerprint density at radius 2 is 2.04 bits per heavy atom. The van der Waals surface area contributed by atoms with Crippen molar-refractivity contribution in [1.29, 1.82) is 0 Å². The van der Waals surface area contributed by atoms with Gasteiger partial charge in [0, 0.05) is 15.8 Å². The van der Waals surface area contributed by atoms with E-state index in [4.69, 9.17) is 4.74 Å². The van der Waals surface area contributed by atoms with E-state index in [1.165, 1.54) is 17.8 Å². The number of amides is 1. The third-order valence-corrected chi connectivity index (χ3v) is 5.28. The highest BCUT2D eigenvalue weighted by atomic mass is 79.9. The van der Waals surface area contributed by atoms with E-state index in [0.29, 0.717) is 35.2 Å². The lowest BCUT2D eigenvalue weighted by Gasteiger charge is -2.15. The molecule has 1 aromatic rings. The zero-order valence-electron chi connectivity index (χ0n) is 13.4. The number of halogens is 2. The molecular weight excluding hydrogens is 385 g/mol. The van der Waals surface area contributed by atoms with Gasteiger partial charge in [0.15, 0.2) is 0 Å². The highest BCUT2D eigenvalue weighted by Gasteiger charge is 2.21. The van der Waals surface area contributed by atoms with Crippen LogP contribution in [0.3, 0.4) is 0 Å². The molecule has 1 N–H and O–H groups in total. The second-order valence-electron chi connectivity index (χ2n) is 4.83. The summed E-state index contributed by atoms with van der Waals surface area (Å²) >= 11 is 4.59. The second kappa shape index (κ2) is 9.93. The van der Waals surface area contributed by atoms with Crippen molar-refractivity contribution in [2.45, 2.75) is 50.2 Å². The molecule has 7 heteroatoms. The third-order valence-electron chi connectivity index (χ3n) is 2.96. The van der Waals surface area contributed by atoms with Gasteiger partial charge in [0.25, 0.3) is 0 Å². The van der Waals surface area contributed by atoms with Crippen LogP contribution in [0.5, 0.6) is 0 Å². The molecule has 1 atom stereocenters. The molecule has 0 bridgehead atoms. The van der Waals surface area contributed by atoms with Crippen LogP contribution in [0, 0.1) is 5.82 Å². The van der Waals surface area contributed by atoms with Crippen molar-refractivity contribution in [2.75, 3.05) is 11.9 Å². The maximum atomic E-state index is 14.0. The molecular formula is C16H21BrFNO3S. The number of thioether (sulfide) groups is 1. The van der Waals surface area contributed by atoms with E-state index < -0.39 is 5.82 Å². The standard InChI is InChI=1S/C16H21BrFNO3S/c1-4-7-15(20)19-12-9-14(10(17)8-11(12)18)23-13(5-2)16(21)22-6-3/h8-9,13H,4-7H2,1-3H3,(H,19,20). The molecule has 0 aromatic heterocycles. The normalized spacial score (nSPS) is 11.9. The molecule has 0 spiro atoms. The van der Waals surface area contributed by atoms with Gasteiger partial charge in [0.2, 0.25) is 5.91 Å². The number of esters is 1. The average Bonchev–Trinajstić information content (AvgIpc) is 2.49. The minimum atomic E-state index is -0.519. The Hall–Kier alpha value is -1.08. The summed E-state index contributed by atoms with van der Waals surface area (Å²) in [6.07, 6.45) is 1.61. The number of carbonyl (C=O) groups excluding carboxylic acids is 2. The molecule has 4 nitrogen and oxygen atoms in total. The fraction of sp³-hybridized carbons (Fsp3) is 0.500. The molecule has 0 fully saturated rings. The molecule has 0 radical (unpaired) electrons. The van der Waals surface area contributed by atoms with E-state index >= 15 is 0 Å². The van der Waals surface area contributed by atoms with E-state index in [-0.39, 0.29) is 22.8 Å². The van der Waals surface area contributed by atoms with Crippen molar-refractivity contribution >= 4 is 45.3 Å². The Balaban J connectivity index is 2.97. The van der Waals surface area contributed by atoms with Crippen LogP contribution in [-0.2, 0) is 14.3 Å². The molecule has 0 aliphatic carbocycles.